The van der Waals surface area contributed by atoms with Crippen molar-refractivity contribution in [3.8, 4) is 0 Å². The molecular weight excluding hydrogens is 532 g/mol. The number of aryl methyl sites for hydroxylation is 1. The van der Waals surface area contributed by atoms with Crippen LogP contribution in [0.2, 0.25) is 0 Å². The number of carbonyl (C=O) groups excluding carboxylic acids is 2. The van der Waals surface area contributed by atoms with Gasteiger partial charge in [0.2, 0.25) is 0 Å². The van der Waals surface area contributed by atoms with E-state index >= 15 is 0 Å². The van der Waals surface area contributed by atoms with Crippen molar-refractivity contribution in [1.29, 1.82) is 0 Å². The molecule has 2 aromatic heterocycles. The van der Waals surface area contributed by atoms with Crippen LogP contribution in [0.15, 0.2) is 30.3 Å². The largest absolute Gasteiger partial charge is 0.343 e. The molecule has 1 aliphatic carbocycles. The van der Waals surface area contributed by atoms with E-state index in [0.717, 1.165) is 80.0 Å². The molecule has 218 valence electrons. The molecule has 4 heterocycles. The number of benzene rings is 1. The highest BCUT2D eigenvalue weighted by Gasteiger charge is 2.49. The predicted molar refractivity (Wildman–Crippen MR) is 163 cm³/mol. The zero-order chi connectivity index (χ0) is 28.9. The zero-order valence-corrected chi connectivity index (χ0v) is 25.7. The molecule has 0 bridgehead atoms. The van der Waals surface area contributed by atoms with Crippen molar-refractivity contribution in [2.24, 2.45) is 16.7 Å². The van der Waals surface area contributed by atoms with Crippen LogP contribution in [-0.4, -0.2) is 78.4 Å². The number of thiazole rings is 1. The van der Waals surface area contributed by atoms with Crippen molar-refractivity contribution in [3.63, 3.8) is 0 Å². The summed E-state index contributed by atoms with van der Waals surface area (Å²) in [5, 5.41) is 6.99. The standard InChI is InChI=1S/C32H42N6O2S/c1-31(2,3)23-9-10-24-22(14-23)15-26-28(35-24)41-29(36-26)27(39)34-25(11-12-37(4)5)20-7-6-8-21(13-20)30(40)38-18-32(19-38)16-33-17-32/h6-8,13,15,23,25,33H,9-12,14,16-19H2,1-5H3,(H,34,39)/t23-,25+/m0/s1. The Morgan fingerprint density at radius 1 is 1.20 bits per heavy atom. The summed E-state index contributed by atoms with van der Waals surface area (Å²) in [6, 6.07) is 9.68. The van der Waals surface area contributed by atoms with Crippen LogP contribution in [0.5, 0.6) is 0 Å². The summed E-state index contributed by atoms with van der Waals surface area (Å²) in [5.74, 6) is 0.492. The fourth-order valence-electron chi connectivity index (χ4n) is 6.46. The van der Waals surface area contributed by atoms with E-state index in [2.05, 4.69) is 42.4 Å². The lowest BCUT2D eigenvalue weighted by atomic mass is 9.71. The average molecular weight is 575 g/mol. The Morgan fingerprint density at radius 2 is 1.98 bits per heavy atom. The van der Waals surface area contributed by atoms with E-state index in [1.54, 1.807) is 0 Å². The number of hydrogen-bond donors (Lipinski definition) is 2. The molecule has 41 heavy (non-hydrogen) atoms. The number of nitrogens with one attached hydrogen (secondary N) is 2. The zero-order valence-electron chi connectivity index (χ0n) is 24.9. The normalized spacial score (nSPS) is 20.4. The van der Waals surface area contributed by atoms with Gasteiger partial charge in [-0.15, -0.1) is 0 Å². The molecule has 9 heteroatoms. The highest BCUT2D eigenvalue weighted by Crippen LogP contribution is 2.38. The Labute approximate surface area is 246 Å². The van der Waals surface area contributed by atoms with Gasteiger partial charge in [0.05, 0.1) is 6.04 Å². The van der Waals surface area contributed by atoms with Crippen LogP contribution in [0.1, 0.15) is 76.6 Å². The predicted octanol–water partition coefficient (Wildman–Crippen LogP) is 4.31. The molecule has 2 saturated heterocycles. The number of pyridine rings is 1. The first-order chi connectivity index (χ1) is 19.5. The van der Waals surface area contributed by atoms with E-state index in [-0.39, 0.29) is 28.7 Å². The Bertz CT molecular complexity index is 1460. The smallest absolute Gasteiger partial charge is 0.280 e. The first-order valence-corrected chi connectivity index (χ1v) is 15.7. The summed E-state index contributed by atoms with van der Waals surface area (Å²) in [6.45, 7) is 11.4. The SMILES string of the molecule is CN(C)CC[C@@H](NC(=O)c1nc2cc3c(nc2s1)CC[C@H](C(C)(C)C)C3)c1cccc(C(=O)N2CC3(CNC3)C2)c1. The van der Waals surface area contributed by atoms with Crippen LogP contribution in [-0.2, 0) is 12.8 Å². The Balaban J connectivity index is 1.20. The molecule has 0 saturated carbocycles. The third kappa shape index (κ3) is 5.76. The quantitative estimate of drug-likeness (QED) is 0.437. The number of amides is 2. The lowest BCUT2D eigenvalue weighted by molar-refractivity contribution is -0.0248. The maximum Gasteiger partial charge on any atom is 0.280 e. The second-order valence-corrected chi connectivity index (χ2v) is 14.7. The van der Waals surface area contributed by atoms with Crippen LogP contribution >= 0.6 is 11.3 Å². The molecule has 6 rings (SSSR count). The summed E-state index contributed by atoms with van der Waals surface area (Å²) in [6.07, 6.45) is 3.86. The molecule has 3 aromatic rings. The third-order valence-electron chi connectivity index (χ3n) is 9.21. The number of carbonyl (C=O) groups is 2. The summed E-state index contributed by atoms with van der Waals surface area (Å²) in [7, 11) is 4.05. The van der Waals surface area contributed by atoms with Gasteiger partial charge < -0.3 is 20.4 Å². The van der Waals surface area contributed by atoms with Gasteiger partial charge in [0.15, 0.2) is 5.01 Å². The molecule has 2 aliphatic heterocycles. The minimum Gasteiger partial charge on any atom is -0.343 e. The number of likely N-dealkylation sites (tertiary alicyclic amines) is 1. The van der Waals surface area contributed by atoms with E-state index in [4.69, 9.17) is 9.97 Å². The van der Waals surface area contributed by atoms with Crippen molar-refractivity contribution in [2.75, 3.05) is 46.8 Å². The molecule has 1 spiro atoms. The van der Waals surface area contributed by atoms with Gasteiger partial charge in [-0.3, -0.25) is 9.59 Å². The van der Waals surface area contributed by atoms with E-state index in [1.165, 1.54) is 16.9 Å². The van der Waals surface area contributed by atoms with Gasteiger partial charge in [-0.2, -0.15) is 0 Å². The van der Waals surface area contributed by atoms with E-state index < -0.39 is 0 Å². The first-order valence-electron chi connectivity index (χ1n) is 14.8. The van der Waals surface area contributed by atoms with Gasteiger partial charge in [0.25, 0.3) is 11.8 Å². The van der Waals surface area contributed by atoms with Crippen LogP contribution in [0, 0.1) is 16.7 Å². The second kappa shape index (κ2) is 10.7. The van der Waals surface area contributed by atoms with Crippen LogP contribution in [0.3, 0.4) is 0 Å². The second-order valence-electron chi connectivity index (χ2n) is 13.8. The van der Waals surface area contributed by atoms with Gasteiger partial charge in [-0.05, 0) is 87.0 Å². The van der Waals surface area contributed by atoms with Crippen LogP contribution < -0.4 is 10.6 Å². The lowest BCUT2D eigenvalue weighted by Crippen LogP contribution is -2.71. The van der Waals surface area contributed by atoms with Crippen molar-refractivity contribution < 1.29 is 9.59 Å². The van der Waals surface area contributed by atoms with Crippen molar-refractivity contribution in [2.45, 2.75) is 52.5 Å². The van der Waals surface area contributed by atoms with Gasteiger partial charge in [0, 0.05) is 42.9 Å². The number of fused-ring (bicyclic) bond motifs is 2. The molecule has 2 atom stereocenters. The summed E-state index contributed by atoms with van der Waals surface area (Å²) in [5.41, 5.74) is 5.39. The molecule has 0 radical (unpaired) electrons. The summed E-state index contributed by atoms with van der Waals surface area (Å²) >= 11 is 1.37. The summed E-state index contributed by atoms with van der Waals surface area (Å²) in [4.78, 5) is 41.3. The fraction of sp³-hybridized carbons (Fsp3) is 0.562. The summed E-state index contributed by atoms with van der Waals surface area (Å²) < 4.78 is 0. The number of rotatable bonds is 7. The van der Waals surface area contributed by atoms with Crippen molar-refractivity contribution >= 4 is 33.5 Å². The Hall–Kier alpha value is -2.88. The lowest BCUT2D eigenvalue weighted by Gasteiger charge is -2.56. The molecule has 8 nitrogen and oxygen atoms in total. The topological polar surface area (TPSA) is 90.5 Å². The molecule has 1 aromatic carbocycles. The van der Waals surface area contributed by atoms with E-state index in [9.17, 15) is 9.59 Å². The van der Waals surface area contributed by atoms with Crippen LogP contribution in [0.25, 0.3) is 10.3 Å². The van der Waals surface area contributed by atoms with Gasteiger partial charge in [0.1, 0.15) is 10.3 Å². The van der Waals surface area contributed by atoms with Crippen LogP contribution in [0.4, 0.5) is 0 Å². The molecule has 3 aliphatic rings. The molecular formula is C32H42N6O2S. The maximum atomic E-state index is 13.6. The Kier molecular flexibility index (Phi) is 7.41. The van der Waals surface area contributed by atoms with Gasteiger partial charge >= 0.3 is 0 Å². The molecule has 2 fully saturated rings. The Morgan fingerprint density at radius 3 is 2.66 bits per heavy atom. The first kappa shape index (κ1) is 28.2. The third-order valence-corrected chi connectivity index (χ3v) is 10.2. The molecule has 2 N–H and O–H groups in total. The maximum absolute atomic E-state index is 13.6. The number of hydrogen-bond acceptors (Lipinski definition) is 7. The average Bonchev–Trinajstić information content (AvgIpc) is 3.30. The minimum absolute atomic E-state index is 0.0666. The number of nitrogens with zero attached hydrogens (tertiary/aromatic N) is 4. The monoisotopic (exact) mass is 574 g/mol. The molecule has 0 unspecified atom stereocenters. The molecule has 2 amide bonds. The van der Waals surface area contributed by atoms with Crippen molar-refractivity contribution in [1.82, 2.24) is 30.4 Å². The van der Waals surface area contributed by atoms with Gasteiger partial charge in [-0.25, -0.2) is 9.97 Å². The highest BCUT2D eigenvalue weighted by molar-refractivity contribution is 7.19. The fourth-order valence-corrected chi connectivity index (χ4v) is 7.30. The number of aromatic nitrogens is 2. The van der Waals surface area contributed by atoms with E-state index in [0.29, 0.717) is 16.5 Å². The highest BCUT2D eigenvalue weighted by atomic mass is 32.1. The van der Waals surface area contributed by atoms with Gasteiger partial charge in [-0.1, -0.05) is 44.2 Å². The van der Waals surface area contributed by atoms with E-state index in [1.807, 2.05) is 43.3 Å². The van der Waals surface area contributed by atoms with Crippen molar-refractivity contribution in [3.05, 3.63) is 57.7 Å². The minimum atomic E-state index is -0.239.